The number of carbonyl (C=O) groups is 4. The maximum absolute atomic E-state index is 13.1. The van der Waals surface area contributed by atoms with Gasteiger partial charge in [0, 0.05) is 31.8 Å². The molecule has 0 aromatic heterocycles. The van der Waals surface area contributed by atoms with E-state index >= 15 is 0 Å². The lowest BCUT2D eigenvalue weighted by Crippen LogP contribution is -2.54. The SMILES string of the molecule is CC(C)CC(CC(=O)NO)C(=O)N[C@@H](Cc1ccc2ccccc2c1)C(=O)NC(=O)[C@H](C)NCCN. The van der Waals surface area contributed by atoms with Crippen LogP contribution in [-0.2, 0) is 25.6 Å². The zero-order valence-electron chi connectivity index (χ0n) is 21.0. The van der Waals surface area contributed by atoms with Gasteiger partial charge in [-0.25, -0.2) is 5.48 Å². The molecule has 0 saturated heterocycles. The van der Waals surface area contributed by atoms with Crippen LogP contribution in [0.1, 0.15) is 39.2 Å². The summed E-state index contributed by atoms with van der Waals surface area (Å²) in [5, 5.41) is 18.9. The maximum atomic E-state index is 13.1. The third kappa shape index (κ3) is 9.03. The van der Waals surface area contributed by atoms with Crippen LogP contribution in [0.4, 0.5) is 0 Å². The first kappa shape index (κ1) is 28.9. The van der Waals surface area contributed by atoms with Gasteiger partial charge in [0.05, 0.1) is 6.04 Å². The van der Waals surface area contributed by atoms with E-state index in [0.29, 0.717) is 19.5 Å². The van der Waals surface area contributed by atoms with Crippen molar-refractivity contribution < 1.29 is 24.4 Å². The number of nitrogens with two attached hydrogens (primary N) is 1. The molecule has 0 aliphatic carbocycles. The Morgan fingerprint density at radius 2 is 1.64 bits per heavy atom. The summed E-state index contributed by atoms with van der Waals surface area (Å²) in [6, 6.07) is 11.8. The third-order valence-corrected chi connectivity index (χ3v) is 5.80. The van der Waals surface area contributed by atoms with Crippen molar-refractivity contribution in [2.24, 2.45) is 17.6 Å². The van der Waals surface area contributed by atoms with Crippen LogP contribution in [0, 0.1) is 11.8 Å². The van der Waals surface area contributed by atoms with Crippen molar-refractivity contribution in [1.82, 2.24) is 21.4 Å². The summed E-state index contributed by atoms with van der Waals surface area (Å²) in [6.45, 7) is 6.17. The van der Waals surface area contributed by atoms with Crippen molar-refractivity contribution in [2.75, 3.05) is 13.1 Å². The number of nitrogens with one attached hydrogen (secondary N) is 4. The molecule has 0 fully saturated rings. The van der Waals surface area contributed by atoms with Crippen molar-refractivity contribution in [3.8, 4) is 0 Å². The fourth-order valence-electron chi connectivity index (χ4n) is 3.93. The lowest BCUT2D eigenvalue weighted by Gasteiger charge is -2.23. The van der Waals surface area contributed by atoms with Crippen LogP contribution in [0.2, 0.25) is 0 Å². The van der Waals surface area contributed by atoms with E-state index in [0.717, 1.165) is 16.3 Å². The maximum Gasteiger partial charge on any atom is 0.249 e. The Kier molecular flexibility index (Phi) is 11.5. The third-order valence-electron chi connectivity index (χ3n) is 5.80. The Morgan fingerprint density at radius 1 is 0.944 bits per heavy atom. The van der Waals surface area contributed by atoms with Gasteiger partial charge >= 0.3 is 0 Å². The molecule has 4 amide bonds. The van der Waals surface area contributed by atoms with Gasteiger partial charge in [-0.05, 0) is 35.6 Å². The van der Waals surface area contributed by atoms with Gasteiger partial charge in [-0.2, -0.15) is 0 Å². The summed E-state index contributed by atoms with van der Waals surface area (Å²) in [5.41, 5.74) is 7.81. The predicted octanol–water partition coefficient (Wildman–Crippen LogP) is 1.00. The standard InChI is InChI=1S/C26H37N5O5/c1-16(2)12-21(15-23(32)31-36)25(34)29-22(26(35)30-24(33)17(3)28-11-10-27)14-18-8-9-19-6-4-5-7-20(19)13-18/h4-9,13,16-17,21-22,28,36H,10-12,14-15,27H2,1-3H3,(H,29,34)(H,31,32)(H,30,33,35)/t17-,21?,22-/m0/s1. The minimum absolute atomic E-state index is 0.0936. The molecule has 0 aliphatic heterocycles. The van der Waals surface area contributed by atoms with Gasteiger partial charge in [0.15, 0.2) is 0 Å². The van der Waals surface area contributed by atoms with Crippen molar-refractivity contribution in [3.63, 3.8) is 0 Å². The molecule has 3 atom stereocenters. The molecule has 0 saturated carbocycles. The van der Waals surface area contributed by atoms with Crippen LogP contribution in [0.5, 0.6) is 0 Å². The number of carbonyl (C=O) groups excluding carboxylic acids is 4. The Morgan fingerprint density at radius 3 is 2.28 bits per heavy atom. The highest BCUT2D eigenvalue weighted by Gasteiger charge is 2.29. The summed E-state index contributed by atoms with van der Waals surface area (Å²) in [4.78, 5) is 50.6. The molecule has 0 radical (unpaired) electrons. The minimum atomic E-state index is -1.06. The molecule has 2 aromatic rings. The van der Waals surface area contributed by atoms with Gasteiger partial charge in [-0.1, -0.05) is 56.3 Å². The van der Waals surface area contributed by atoms with E-state index in [1.165, 1.54) is 0 Å². The van der Waals surface area contributed by atoms with Gasteiger partial charge in [-0.15, -0.1) is 0 Å². The number of fused-ring (bicyclic) bond motifs is 1. The second-order valence-corrected chi connectivity index (χ2v) is 9.33. The van der Waals surface area contributed by atoms with E-state index in [-0.39, 0.29) is 18.8 Å². The van der Waals surface area contributed by atoms with Crippen molar-refractivity contribution >= 4 is 34.4 Å². The highest BCUT2D eigenvalue weighted by molar-refractivity contribution is 6.01. The molecule has 0 aliphatic rings. The molecule has 7 N–H and O–H groups in total. The number of hydroxylamine groups is 1. The van der Waals surface area contributed by atoms with Crippen molar-refractivity contribution in [3.05, 3.63) is 48.0 Å². The van der Waals surface area contributed by atoms with E-state index in [1.54, 1.807) is 12.4 Å². The largest absolute Gasteiger partial charge is 0.344 e. The molecule has 10 heteroatoms. The highest BCUT2D eigenvalue weighted by Crippen LogP contribution is 2.19. The first-order valence-electron chi connectivity index (χ1n) is 12.1. The number of amides is 4. The van der Waals surface area contributed by atoms with Crippen molar-refractivity contribution in [1.29, 1.82) is 0 Å². The van der Waals surface area contributed by atoms with E-state index in [4.69, 9.17) is 10.9 Å². The topological polar surface area (TPSA) is 163 Å². The molecule has 1 unspecified atom stereocenters. The first-order valence-corrected chi connectivity index (χ1v) is 12.1. The average Bonchev–Trinajstić information content (AvgIpc) is 2.85. The zero-order chi connectivity index (χ0) is 26.7. The monoisotopic (exact) mass is 499 g/mol. The molecule has 196 valence electrons. The molecule has 10 nitrogen and oxygen atoms in total. The molecule has 0 spiro atoms. The molecule has 36 heavy (non-hydrogen) atoms. The molecule has 2 aromatic carbocycles. The van der Waals surface area contributed by atoms with Crippen LogP contribution in [0.3, 0.4) is 0 Å². The Labute approximate surface area is 211 Å². The number of imide groups is 1. The first-order chi connectivity index (χ1) is 17.1. The summed E-state index contributed by atoms with van der Waals surface area (Å²) in [6.07, 6.45) is 0.285. The summed E-state index contributed by atoms with van der Waals surface area (Å²) in [5.74, 6) is -3.06. The zero-order valence-corrected chi connectivity index (χ0v) is 21.0. The Hall–Kier alpha value is -3.34. The number of benzene rings is 2. The van der Waals surface area contributed by atoms with E-state index in [1.807, 2.05) is 56.3 Å². The Bertz CT molecular complexity index is 1060. The van der Waals surface area contributed by atoms with E-state index < -0.39 is 41.6 Å². The minimum Gasteiger partial charge on any atom is -0.344 e. The summed E-state index contributed by atoms with van der Waals surface area (Å²) >= 11 is 0. The van der Waals surface area contributed by atoms with Gasteiger partial charge in [0.2, 0.25) is 23.6 Å². The number of rotatable bonds is 13. The molecular formula is C26H37N5O5. The van der Waals surface area contributed by atoms with E-state index in [9.17, 15) is 19.2 Å². The smallest absolute Gasteiger partial charge is 0.249 e. The van der Waals surface area contributed by atoms with Gasteiger partial charge in [0.1, 0.15) is 6.04 Å². The van der Waals surface area contributed by atoms with Crippen LogP contribution in [-0.4, -0.2) is 54.0 Å². The van der Waals surface area contributed by atoms with Crippen LogP contribution in [0.25, 0.3) is 10.8 Å². The second kappa shape index (κ2) is 14.3. The fourth-order valence-corrected chi connectivity index (χ4v) is 3.93. The Balaban J connectivity index is 2.26. The van der Waals surface area contributed by atoms with Crippen molar-refractivity contribution in [2.45, 2.75) is 52.1 Å². The second-order valence-electron chi connectivity index (χ2n) is 9.33. The van der Waals surface area contributed by atoms with E-state index in [2.05, 4.69) is 16.0 Å². The lowest BCUT2D eigenvalue weighted by atomic mass is 9.92. The molecule has 0 heterocycles. The molecule has 0 bridgehead atoms. The summed E-state index contributed by atoms with van der Waals surface area (Å²) < 4.78 is 0. The van der Waals surface area contributed by atoms with Crippen LogP contribution < -0.4 is 27.2 Å². The van der Waals surface area contributed by atoms with Gasteiger partial charge < -0.3 is 16.4 Å². The number of hydrogen-bond donors (Lipinski definition) is 6. The number of hydrogen-bond acceptors (Lipinski definition) is 7. The lowest BCUT2D eigenvalue weighted by molar-refractivity contribution is -0.137. The quantitative estimate of drug-likeness (QED) is 0.177. The normalized spacial score (nSPS) is 13.6. The van der Waals surface area contributed by atoms with Crippen LogP contribution in [0.15, 0.2) is 42.5 Å². The predicted molar refractivity (Wildman–Crippen MR) is 137 cm³/mol. The molecular weight excluding hydrogens is 462 g/mol. The average molecular weight is 500 g/mol. The van der Waals surface area contributed by atoms with Gasteiger partial charge in [-0.3, -0.25) is 29.7 Å². The summed E-state index contributed by atoms with van der Waals surface area (Å²) in [7, 11) is 0. The highest BCUT2D eigenvalue weighted by atomic mass is 16.5. The fraction of sp³-hybridized carbons (Fsp3) is 0.462. The molecule has 2 rings (SSSR count). The van der Waals surface area contributed by atoms with Gasteiger partial charge in [0.25, 0.3) is 0 Å². The van der Waals surface area contributed by atoms with Crippen LogP contribution >= 0.6 is 0 Å².